The van der Waals surface area contributed by atoms with E-state index < -0.39 is 0 Å². The van der Waals surface area contributed by atoms with Crippen LogP contribution in [0, 0.1) is 0 Å². The van der Waals surface area contributed by atoms with Crippen molar-refractivity contribution in [3.63, 3.8) is 0 Å². The summed E-state index contributed by atoms with van der Waals surface area (Å²) in [5, 5.41) is 0. The van der Waals surface area contributed by atoms with Crippen molar-refractivity contribution >= 4 is 15.9 Å². The third-order valence-corrected chi connectivity index (χ3v) is 3.60. The molecule has 0 fully saturated rings. The Morgan fingerprint density at radius 1 is 1.12 bits per heavy atom. The smallest absolute Gasteiger partial charge is 0.103 e. The molecule has 1 unspecified atom stereocenters. The van der Waals surface area contributed by atoms with Crippen LogP contribution in [0.1, 0.15) is 31.7 Å². The summed E-state index contributed by atoms with van der Waals surface area (Å²) in [6, 6.07) is 8.04. The van der Waals surface area contributed by atoms with Gasteiger partial charge in [0.1, 0.15) is 5.69 Å². The summed E-state index contributed by atoms with van der Waals surface area (Å²) < 4.78 is 0.989. The fourth-order valence-corrected chi connectivity index (χ4v) is 2.24. The Bertz CT molecular complexity index is 511. The van der Waals surface area contributed by atoms with Gasteiger partial charge in [0, 0.05) is 16.9 Å². The van der Waals surface area contributed by atoms with Gasteiger partial charge in [-0.05, 0) is 52.0 Å². The zero-order valence-electron chi connectivity index (χ0n) is 10.0. The van der Waals surface area contributed by atoms with E-state index in [0.717, 1.165) is 22.3 Å². The van der Waals surface area contributed by atoms with E-state index in [4.69, 9.17) is 0 Å². The van der Waals surface area contributed by atoms with Crippen LogP contribution in [0.25, 0.3) is 11.4 Å². The molecule has 0 bridgehead atoms. The maximum atomic E-state index is 4.49. The zero-order chi connectivity index (χ0) is 12.3. The number of hydrogen-bond donors (Lipinski definition) is 0. The van der Waals surface area contributed by atoms with E-state index in [-0.39, 0.29) is 0 Å². The van der Waals surface area contributed by atoms with Crippen LogP contribution in [0.3, 0.4) is 0 Å². The summed E-state index contributed by atoms with van der Waals surface area (Å²) in [7, 11) is 0. The summed E-state index contributed by atoms with van der Waals surface area (Å²) >= 11 is 3.54. The number of pyridine rings is 2. The third-order valence-electron chi connectivity index (χ3n) is 2.96. The van der Waals surface area contributed by atoms with Gasteiger partial charge in [-0.3, -0.25) is 9.97 Å². The molecular weight excluding hydrogens is 276 g/mol. The molecule has 0 aliphatic rings. The van der Waals surface area contributed by atoms with Gasteiger partial charge in [-0.2, -0.15) is 0 Å². The molecule has 2 aromatic rings. The topological polar surface area (TPSA) is 25.8 Å². The van der Waals surface area contributed by atoms with Crippen molar-refractivity contribution < 1.29 is 0 Å². The van der Waals surface area contributed by atoms with Crippen LogP contribution in [0.5, 0.6) is 0 Å². The van der Waals surface area contributed by atoms with Gasteiger partial charge in [0.25, 0.3) is 0 Å². The Kier molecular flexibility index (Phi) is 3.89. The first-order chi connectivity index (χ1) is 8.24. The Balaban J connectivity index is 2.56. The van der Waals surface area contributed by atoms with Crippen molar-refractivity contribution in [2.45, 2.75) is 26.2 Å². The van der Waals surface area contributed by atoms with Crippen LogP contribution >= 0.6 is 15.9 Å². The molecule has 0 radical (unpaired) electrons. The maximum absolute atomic E-state index is 4.49. The first-order valence-corrected chi connectivity index (χ1v) is 6.59. The summed E-state index contributed by atoms with van der Waals surface area (Å²) in [4.78, 5) is 8.90. The van der Waals surface area contributed by atoms with Gasteiger partial charge in [0.05, 0.1) is 5.69 Å². The highest BCUT2D eigenvalue weighted by atomic mass is 79.9. The second-order valence-corrected chi connectivity index (χ2v) is 4.94. The number of hydrogen-bond acceptors (Lipinski definition) is 2. The van der Waals surface area contributed by atoms with E-state index in [2.05, 4.69) is 45.8 Å². The van der Waals surface area contributed by atoms with Crippen LogP contribution < -0.4 is 0 Å². The molecule has 0 aromatic carbocycles. The molecular formula is C14H15BrN2. The molecule has 3 heteroatoms. The van der Waals surface area contributed by atoms with Crippen LogP contribution in [-0.2, 0) is 0 Å². The van der Waals surface area contributed by atoms with Crippen LogP contribution in [0.15, 0.2) is 41.1 Å². The number of nitrogens with zero attached hydrogens (tertiary/aromatic N) is 2. The minimum atomic E-state index is 0.493. The number of rotatable bonds is 3. The van der Waals surface area contributed by atoms with Gasteiger partial charge in [-0.1, -0.05) is 19.9 Å². The maximum Gasteiger partial charge on any atom is 0.103 e. The van der Waals surface area contributed by atoms with Crippen molar-refractivity contribution in [2.75, 3.05) is 0 Å². The first kappa shape index (κ1) is 12.2. The highest BCUT2D eigenvalue weighted by Crippen LogP contribution is 2.31. The van der Waals surface area contributed by atoms with Gasteiger partial charge in [-0.25, -0.2) is 0 Å². The molecule has 0 amide bonds. The van der Waals surface area contributed by atoms with E-state index in [9.17, 15) is 0 Å². The van der Waals surface area contributed by atoms with Crippen molar-refractivity contribution in [1.82, 2.24) is 9.97 Å². The van der Waals surface area contributed by atoms with Crippen molar-refractivity contribution in [3.8, 4) is 11.4 Å². The molecule has 0 saturated carbocycles. The summed E-state index contributed by atoms with van der Waals surface area (Å²) in [6.45, 7) is 4.41. The number of aromatic nitrogens is 2. The molecule has 0 N–H and O–H groups in total. The van der Waals surface area contributed by atoms with E-state index in [1.165, 1.54) is 5.56 Å². The van der Waals surface area contributed by atoms with Crippen molar-refractivity contribution in [2.24, 2.45) is 0 Å². The molecule has 2 heterocycles. The fraction of sp³-hybridized carbons (Fsp3) is 0.286. The number of halogens is 1. The average Bonchev–Trinajstić information content (AvgIpc) is 2.38. The fourth-order valence-electron chi connectivity index (χ4n) is 1.79. The normalized spacial score (nSPS) is 12.4. The highest BCUT2D eigenvalue weighted by Gasteiger charge is 2.14. The predicted molar refractivity (Wildman–Crippen MR) is 73.9 cm³/mol. The SMILES string of the molecule is CCC(C)c1cccnc1-c1ncccc1Br. The molecule has 0 aliphatic carbocycles. The molecule has 0 aliphatic heterocycles. The van der Waals surface area contributed by atoms with Crippen LogP contribution in [-0.4, -0.2) is 9.97 Å². The molecule has 0 spiro atoms. The minimum Gasteiger partial charge on any atom is -0.254 e. The monoisotopic (exact) mass is 290 g/mol. The second kappa shape index (κ2) is 5.41. The molecule has 2 aromatic heterocycles. The van der Waals surface area contributed by atoms with Gasteiger partial charge >= 0.3 is 0 Å². The van der Waals surface area contributed by atoms with E-state index in [1.54, 1.807) is 6.20 Å². The Labute approximate surface area is 110 Å². The lowest BCUT2D eigenvalue weighted by Gasteiger charge is -2.13. The summed E-state index contributed by atoms with van der Waals surface area (Å²) in [6.07, 6.45) is 4.72. The van der Waals surface area contributed by atoms with Crippen molar-refractivity contribution in [1.29, 1.82) is 0 Å². The lowest BCUT2D eigenvalue weighted by atomic mass is 9.96. The van der Waals surface area contributed by atoms with E-state index in [1.807, 2.05) is 24.4 Å². The molecule has 0 saturated heterocycles. The molecule has 2 rings (SSSR count). The Morgan fingerprint density at radius 2 is 1.76 bits per heavy atom. The lowest BCUT2D eigenvalue weighted by Crippen LogP contribution is -1.99. The van der Waals surface area contributed by atoms with Gasteiger partial charge in [0.15, 0.2) is 0 Å². The van der Waals surface area contributed by atoms with E-state index >= 15 is 0 Å². The van der Waals surface area contributed by atoms with Crippen LogP contribution in [0.4, 0.5) is 0 Å². The zero-order valence-corrected chi connectivity index (χ0v) is 11.6. The Hall–Kier alpha value is -1.22. The molecule has 1 atom stereocenters. The summed E-state index contributed by atoms with van der Waals surface area (Å²) in [5.74, 6) is 0.493. The third kappa shape index (κ3) is 2.55. The predicted octanol–water partition coefficient (Wildman–Crippen LogP) is 4.42. The largest absolute Gasteiger partial charge is 0.254 e. The lowest BCUT2D eigenvalue weighted by molar-refractivity contribution is 0.731. The summed E-state index contributed by atoms with van der Waals surface area (Å²) in [5.41, 5.74) is 3.16. The molecule has 17 heavy (non-hydrogen) atoms. The second-order valence-electron chi connectivity index (χ2n) is 4.08. The quantitative estimate of drug-likeness (QED) is 0.836. The van der Waals surface area contributed by atoms with Gasteiger partial charge < -0.3 is 0 Å². The van der Waals surface area contributed by atoms with Crippen LogP contribution in [0.2, 0.25) is 0 Å². The Morgan fingerprint density at radius 3 is 2.41 bits per heavy atom. The van der Waals surface area contributed by atoms with Gasteiger partial charge in [0.2, 0.25) is 0 Å². The van der Waals surface area contributed by atoms with Gasteiger partial charge in [-0.15, -0.1) is 0 Å². The highest BCUT2D eigenvalue weighted by molar-refractivity contribution is 9.10. The standard InChI is InChI=1S/C14H15BrN2/c1-3-10(2)11-6-4-8-16-13(11)14-12(15)7-5-9-17-14/h4-10H,3H2,1-2H3. The van der Waals surface area contributed by atoms with E-state index in [0.29, 0.717) is 5.92 Å². The minimum absolute atomic E-state index is 0.493. The molecule has 2 nitrogen and oxygen atoms in total. The first-order valence-electron chi connectivity index (χ1n) is 5.79. The average molecular weight is 291 g/mol. The van der Waals surface area contributed by atoms with Crippen molar-refractivity contribution in [3.05, 3.63) is 46.7 Å². The molecule has 88 valence electrons.